The number of nitrogens with zero attached hydrogens (tertiary/aromatic N) is 1. The van der Waals surface area contributed by atoms with E-state index in [0.717, 1.165) is 6.29 Å². The number of aromatic nitrogens is 1. The van der Waals surface area contributed by atoms with E-state index in [0.29, 0.717) is 16.8 Å². The Bertz CT molecular complexity index is 672. The molecule has 1 heterocycles. The van der Waals surface area contributed by atoms with Crippen LogP contribution in [-0.2, 0) is 7.05 Å². The number of carbonyl (C=O) groups excluding carboxylic acids is 2. The zero-order chi connectivity index (χ0) is 13.8. The molecule has 0 spiro atoms. The summed E-state index contributed by atoms with van der Waals surface area (Å²) in [5.74, 6) is -0.364. The average Bonchev–Trinajstić information content (AvgIpc) is 2.42. The average molecular weight is 256 g/mol. The molecule has 0 aliphatic carbocycles. The first-order valence-electron chi connectivity index (χ1n) is 5.63. The standard InChI is InChI=1S/C14H12N2O3/c1-16-7-6-11(8-13(16)18)14(19)15-12-4-2-10(9-17)3-5-12/h2-9H,1H3,(H,15,19). The van der Waals surface area contributed by atoms with Crippen molar-refractivity contribution < 1.29 is 9.59 Å². The summed E-state index contributed by atoms with van der Waals surface area (Å²) in [6.45, 7) is 0. The lowest BCUT2D eigenvalue weighted by Crippen LogP contribution is -2.19. The second-order valence-electron chi connectivity index (χ2n) is 4.06. The molecule has 2 rings (SSSR count). The highest BCUT2D eigenvalue weighted by Crippen LogP contribution is 2.09. The van der Waals surface area contributed by atoms with Gasteiger partial charge in [0.25, 0.3) is 11.5 Å². The second kappa shape index (κ2) is 5.30. The molecule has 5 heteroatoms. The van der Waals surface area contributed by atoms with Crippen LogP contribution in [0.1, 0.15) is 20.7 Å². The van der Waals surface area contributed by atoms with E-state index in [2.05, 4.69) is 5.32 Å². The summed E-state index contributed by atoms with van der Waals surface area (Å²) in [6, 6.07) is 9.30. The summed E-state index contributed by atoms with van der Waals surface area (Å²) < 4.78 is 1.38. The highest BCUT2D eigenvalue weighted by molar-refractivity contribution is 6.04. The normalized spacial score (nSPS) is 9.95. The summed E-state index contributed by atoms with van der Waals surface area (Å²) in [5.41, 5.74) is 1.15. The number of benzene rings is 1. The van der Waals surface area contributed by atoms with Crippen LogP contribution in [0, 0.1) is 0 Å². The van der Waals surface area contributed by atoms with Gasteiger partial charge in [0, 0.05) is 36.1 Å². The van der Waals surface area contributed by atoms with Gasteiger partial charge >= 0.3 is 0 Å². The van der Waals surface area contributed by atoms with Gasteiger partial charge in [-0.3, -0.25) is 14.4 Å². The second-order valence-corrected chi connectivity index (χ2v) is 4.06. The van der Waals surface area contributed by atoms with E-state index >= 15 is 0 Å². The topological polar surface area (TPSA) is 68.2 Å². The quantitative estimate of drug-likeness (QED) is 0.845. The van der Waals surface area contributed by atoms with Crippen LogP contribution in [0.5, 0.6) is 0 Å². The molecule has 0 saturated heterocycles. The third-order valence-electron chi connectivity index (χ3n) is 2.67. The summed E-state index contributed by atoms with van der Waals surface area (Å²) >= 11 is 0. The van der Waals surface area contributed by atoms with E-state index in [-0.39, 0.29) is 11.5 Å². The summed E-state index contributed by atoms with van der Waals surface area (Å²) in [6.07, 6.45) is 2.26. The molecule has 1 N–H and O–H groups in total. The van der Waals surface area contributed by atoms with Crippen molar-refractivity contribution in [3.63, 3.8) is 0 Å². The smallest absolute Gasteiger partial charge is 0.255 e. The Morgan fingerprint density at radius 2 is 1.89 bits per heavy atom. The van der Waals surface area contributed by atoms with Crippen LogP contribution in [0.2, 0.25) is 0 Å². The van der Waals surface area contributed by atoms with Crippen LogP contribution >= 0.6 is 0 Å². The molecule has 1 aromatic carbocycles. The van der Waals surface area contributed by atoms with Crippen LogP contribution in [-0.4, -0.2) is 16.8 Å². The lowest BCUT2D eigenvalue weighted by atomic mass is 10.2. The van der Waals surface area contributed by atoms with Crippen molar-refractivity contribution in [2.45, 2.75) is 0 Å². The van der Waals surface area contributed by atoms with Crippen molar-refractivity contribution in [2.75, 3.05) is 5.32 Å². The molecule has 1 aromatic heterocycles. The van der Waals surface area contributed by atoms with Crippen molar-refractivity contribution in [3.05, 3.63) is 64.1 Å². The van der Waals surface area contributed by atoms with Crippen LogP contribution in [0.4, 0.5) is 5.69 Å². The third-order valence-corrected chi connectivity index (χ3v) is 2.67. The van der Waals surface area contributed by atoms with E-state index < -0.39 is 0 Å². The maximum Gasteiger partial charge on any atom is 0.255 e. The van der Waals surface area contributed by atoms with Gasteiger partial charge in [0.15, 0.2) is 0 Å². The van der Waals surface area contributed by atoms with E-state index in [9.17, 15) is 14.4 Å². The third kappa shape index (κ3) is 2.95. The van der Waals surface area contributed by atoms with Crippen molar-refractivity contribution in [2.24, 2.45) is 7.05 Å². The number of hydrogen-bond donors (Lipinski definition) is 1. The van der Waals surface area contributed by atoms with Gasteiger partial charge in [0.05, 0.1) is 0 Å². The molecule has 0 bridgehead atoms. The molecule has 0 aliphatic heterocycles. The van der Waals surface area contributed by atoms with Crippen molar-refractivity contribution >= 4 is 17.9 Å². The predicted octanol–water partition coefficient (Wildman–Crippen LogP) is 1.45. The van der Waals surface area contributed by atoms with Crippen LogP contribution < -0.4 is 10.9 Å². The number of nitrogens with one attached hydrogen (secondary N) is 1. The number of aldehydes is 1. The molecule has 0 unspecified atom stereocenters. The number of rotatable bonds is 3. The highest BCUT2D eigenvalue weighted by Gasteiger charge is 2.07. The zero-order valence-corrected chi connectivity index (χ0v) is 10.3. The Morgan fingerprint density at radius 3 is 2.47 bits per heavy atom. The Balaban J connectivity index is 2.17. The van der Waals surface area contributed by atoms with Gasteiger partial charge in [-0.15, -0.1) is 0 Å². The van der Waals surface area contributed by atoms with E-state index in [1.54, 1.807) is 37.4 Å². The Labute approximate surface area is 109 Å². The van der Waals surface area contributed by atoms with E-state index in [1.165, 1.54) is 16.8 Å². The molecule has 2 aromatic rings. The van der Waals surface area contributed by atoms with Crippen LogP contribution in [0.25, 0.3) is 0 Å². The number of carbonyl (C=O) groups is 2. The molecule has 0 atom stereocenters. The monoisotopic (exact) mass is 256 g/mol. The van der Waals surface area contributed by atoms with Gasteiger partial charge in [-0.25, -0.2) is 0 Å². The molecule has 0 fully saturated rings. The van der Waals surface area contributed by atoms with Gasteiger partial charge in [0.2, 0.25) is 0 Å². The largest absolute Gasteiger partial charge is 0.322 e. The molecule has 0 saturated carbocycles. The van der Waals surface area contributed by atoms with Gasteiger partial charge in [-0.05, 0) is 30.3 Å². The Hall–Kier alpha value is -2.69. The fraction of sp³-hybridized carbons (Fsp3) is 0.0714. The first-order valence-corrected chi connectivity index (χ1v) is 5.63. The first-order chi connectivity index (χ1) is 9.10. The number of aryl methyl sites for hydroxylation is 1. The van der Waals surface area contributed by atoms with Crippen molar-refractivity contribution in [1.82, 2.24) is 4.57 Å². The molecule has 0 aliphatic rings. The minimum Gasteiger partial charge on any atom is -0.322 e. The SMILES string of the molecule is Cn1ccc(C(=O)Nc2ccc(C=O)cc2)cc1=O. The fourth-order valence-electron chi connectivity index (χ4n) is 1.54. The summed E-state index contributed by atoms with van der Waals surface area (Å²) in [4.78, 5) is 33.8. The van der Waals surface area contributed by atoms with Crippen LogP contribution in [0.3, 0.4) is 0 Å². The lowest BCUT2D eigenvalue weighted by Gasteiger charge is -2.05. The minimum atomic E-state index is -0.364. The lowest BCUT2D eigenvalue weighted by molar-refractivity contribution is 0.102. The van der Waals surface area contributed by atoms with Gasteiger partial charge in [-0.1, -0.05) is 0 Å². The fourth-order valence-corrected chi connectivity index (χ4v) is 1.54. The molecular weight excluding hydrogens is 244 g/mol. The number of pyridine rings is 1. The predicted molar refractivity (Wildman–Crippen MR) is 71.5 cm³/mol. The zero-order valence-electron chi connectivity index (χ0n) is 10.3. The Morgan fingerprint density at radius 1 is 1.21 bits per heavy atom. The molecular formula is C14H12N2O3. The summed E-state index contributed by atoms with van der Waals surface area (Å²) in [5, 5.41) is 2.65. The van der Waals surface area contributed by atoms with Gasteiger partial charge in [0.1, 0.15) is 6.29 Å². The molecule has 96 valence electrons. The van der Waals surface area contributed by atoms with E-state index in [4.69, 9.17) is 0 Å². The molecule has 1 amide bonds. The molecule has 5 nitrogen and oxygen atoms in total. The summed E-state index contributed by atoms with van der Waals surface area (Å²) in [7, 11) is 1.61. The van der Waals surface area contributed by atoms with E-state index in [1.807, 2.05) is 0 Å². The van der Waals surface area contributed by atoms with Gasteiger partial charge < -0.3 is 9.88 Å². The number of anilines is 1. The van der Waals surface area contributed by atoms with Crippen molar-refractivity contribution in [1.29, 1.82) is 0 Å². The highest BCUT2D eigenvalue weighted by atomic mass is 16.2. The van der Waals surface area contributed by atoms with Crippen molar-refractivity contribution in [3.8, 4) is 0 Å². The minimum absolute atomic E-state index is 0.246. The Kier molecular flexibility index (Phi) is 3.56. The van der Waals surface area contributed by atoms with Crippen LogP contribution in [0.15, 0.2) is 47.4 Å². The maximum absolute atomic E-state index is 11.9. The number of amides is 1. The maximum atomic E-state index is 11.9. The first kappa shape index (κ1) is 12.8. The molecule has 19 heavy (non-hydrogen) atoms. The molecule has 0 radical (unpaired) electrons. The van der Waals surface area contributed by atoms with Gasteiger partial charge in [-0.2, -0.15) is 0 Å². The number of hydrogen-bond acceptors (Lipinski definition) is 3.